The first-order chi connectivity index (χ1) is 13.3. The van der Waals surface area contributed by atoms with Crippen LogP contribution in [0.25, 0.3) is 33.2 Å². The van der Waals surface area contributed by atoms with Crippen molar-refractivity contribution >= 4 is 27.7 Å². The maximum Gasteiger partial charge on any atom is 0.251 e. The van der Waals surface area contributed by atoms with Gasteiger partial charge in [-0.05, 0) is 42.5 Å². The van der Waals surface area contributed by atoms with E-state index in [2.05, 4.69) is 20.5 Å². The van der Waals surface area contributed by atoms with Crippen LogP contribution in [0, 0.1) is 0 Å². The zero-order chi connectivity index (χ0) is 18.2. The van der Waals surface area contributed by atoms with E-state index in [4.69, 9.17) is 4.42 Å². The van der Waals surface area contributed by atoms with E-state index in [0.29, 0.717) is 12.1 Å². The van der Waals surface area contributed by atoms with Crippen LogP contribution in [0.4, 0.5) is 0 Å². The van der Waals surface area contributed by atoms with Gasteiger partial charge in [-0.15, -0.1) is 0 Å². The zero-order valence-corrected chi connectivity index (χ0v) is 14.3. The Bertz CT molecular complexity index is 1250. The maximum atomic E-state index is 12.4. The molecular weight excluding hydrogens is 340 g/mol. The average molecular weight is 356 g/mol. The minimum atomic E-state index is -0.138. The molecule has 0 aliphatic rings. The second kappa shape index (κ2) is 6.17. The normalized spacial score (nSPS) is 11.3. The van der Waals surface area contributed by atoms with Crippen LogP contribution in [0.15, 0.2) is 71.3 Å². The number of H-pyrrole nitrogens is 2. The topological polar surface area (TPSA) is 86.7 Å². The molecule has 0 fully saturated rings. The molecule has 5 aromatic rings. The summed E-state index contributed by atoms with van der Waals surface area (Å²) in [6, 6.07) is 19.2. The Morgan fingerprint density at radius 2 is 1.96 bits per heavy atom. The summed E-state index contributed by atoms with van der Waals surface area (Å²) in [5, 5.41) is 12.4. The van der Waals surface area contributed by atoms with Crippen LogP contribution in [0.1, 0.15) is 16.1 Å². The lowest BCUT2D eigenvalue weighted by atomic mass is 10.1. The summed E-state index contributed by atoms with van der Waals surface area (Å²) in [7, 11) is 0. The number of aromatic amines is 2. The number of hydrogen-bond donors (Lipinski definition) is 3. The minimum Gasteiger partial charge on any atom is -0.467 e. The second-order valence-corrected chi connectivity index (χ2v) is 6.36. The van der Waals surface area contributed by atoms with E-state index >= 15 is 0 Å². The van der Waals surface area contributed by atoms with Gasteiger partial charge in [0.2, 0.25) is 0 Å². The molecule has 27 heavy (non-hydrogen) atoms. The summed E-state index contributed by atoms with van der Waals surface area (Å²) in [5.74, 6) is 0.583. The number of fused-ring (bicyclic) bond motifs is 2. The van der Waals surface area contributed by atoms with Gasteiger partial charge in [-0.3, -0.25) is 9.89 Å². The predicted octanol–water partition coefficient (Wildman–Crippen LogP) is 4.23. The van der Waals surface area contributed by atoms with Crippen molar-refractivity contribution in [3.05, 3.63) is 78.3 Å². The lowest BCUT2D eigenvalue weighted by molar-refractivity contribution is 0.0948. The number of rotatable bonds is 4. The van der Waals surface area contributed by atoms with Gasteiger partial charge in [-0.25, -0.2) is 0 Å². The molecule has 0 radical (unpaired) electrons. The Morgan fingerprint density at radius 1 is 1.04 bits per heavy atom. The molecule has 1 amide bonds. The second-order valence-electron chi connectivity index (χ2n) is 6.36. The molecule has 0 saturated heterocycles. The van der Waals surface area contributed by atoms with E-state index in [-0.39, 0.29) is 5.91 Å². The highest BCUT2D eigenvalue weighted by molar-refractivity contribution is 6.00. The molecule has 0 unspecified atom stereocenters. The highest BCUT2D eigenvalue weighted by atomic mass is 16.3. The molecule has 2 aromatic carbocycles. The third-order valence-electron chi connectivity index (χ3n) is 4.61. The number of amides is 1. The van der Waals surface area contributed by atoms with E-state index in [9.17, 15) is 4.79 Å². The molecule has 0 atom stereocenters. The number of nitrogens with one attached hydrogen (secondary N) is 3. The van der Waals surface area contributed by atoms with Crippen LogP contribution >= 0.6 is 0 Å². The van der Waals surface area contributed by atoms with Crippen molar-refractivity contribution in [2.45, 2.75) is 6.54 Å². The highest BCUT2D eigenvalue weighted by Gasteiger charge is 2.12. The van der Waals surface area contributed by atoms with Crippen LogP contribution < -0.4 is 5.32 Å². The first kappa shape index (κ1) is 15.5. The van der Waals surface area contributed by atoms with Gasteiger partial charge < -0.3 is 14.7 Å². The highest BCUT2D eigenvalue weighted by Crippen LogP contribution is 2.28. The quantitative estimate of drug-likeness (QED) is 0.450. The van der Waals surface area contributed by atoms with Crippen molar-refractivity contribution in [1.82, 2.24) is 20.5 Å². The number of carbonyl (C=O) groups excluding carboxylic acids is 1. The van der Waals surface area contributed by atoms with Gasteiger partial charge in [0.1, 0.15) is 11.5 Å². The first-order valence-corrected chi connectivity index (χ1v) is 8.65. The molecule has 6 heteroatoms. The molecule has 0 aliphatic heterocycles. The summed E-state index contributed by atoms with van der Waals surface area (Å²) in [5.41, 5.74) is 4.33. The molecule has 0 spiro atoms. The fourth-order valence-electron chi connectivity index (χ4n) is 3.25. The Kier molecular flexibility index (Phi) is 3.53. The fourth-order valence-corrected chi connectivity index (χ4v) is 3.25. The van der Waals surface area contributed by atoms with Gasteiger partial charge in [-0.2, -0.15) is 5.10 Å². The number of benzene rings is 2. The van der Waals surface area contributed by atoms with Crippen LogP contribution in [0.5, 0.6) is 0 Å². The van der Waals surface area contributed by atoms with Crippen molar-refractivity contribution in [2.24, 2.45) is 0 Å². The SMILES string of the molecule is O=C(NCc1ccco1)c1ccc2[nH]c(-c3n[nH]c4ccccc34)cc2c1. The summed E-state index contributed by atoms with van der Waals surface area (Å²) in [4.78, 5) is 15.8. The van der Waals surface area contributed by atoms with Gasteiger partial charge in [0, 0.05) is 21.9 Å². The molecule has 0 aliphatic carbocycles. The predicted molar refractivity (Wildman–Crippen MR) is 103 cm³/mol. The molecule has 0 saturated carbocycles. The monoisotopic (exact) mass is 356 g/mol. The number of hydrogen-bond acceptors (Lipinski definition) is 3. The van der Waals surface area contributed by atoms with Crippen molar-refractivity contribution in [1.29, 1.82) is 0 Å². The molecule has 5 rings (SSSR count). The molecule has 6 nitrogen and oxygen atoms in total. The summed E-state index contributed by atoms with van der Waals surface area (Å²) in [6.07, 6.45) is 1.59. The lowest BCUT2D eigenvalue weighted by Crippen LogP contribution is -2.22. The first-order valence-electron chi connectivity index (χ1n) is 8.65. The van der Waals surface area contributed by atoms with Crippen molar-refractivity contribution in [3.8, 4) is 11.4 Å². The van der Waals surface area contributed by atoms with Gasteiger partial charge in [0.25, 0.3) is 5.91 Å². The Labute approximate surface area is 154 Å². The van der Waals surface area contributed by atoms with E-state index in [1.165, 1.54) is 0 Å². The smallest absolute Gasteiger partial charge is 0.251 e. The van der Waals surface area contributed by atoms with E-state index in [1.807, 2.05) is 54.6 Å². The van der Waals surface area contributed by atoms with E-state index in [0.717, 1.165) is 39.0 Å². The lowest BCUT2D eigenvalue weighted by Gasteiger charge is -2.03. The zero-order valence-electron chi connectivity index (χ0n) is 14.3. The maximum absolute atomic E-state index is 12.4. The number of carbonyl (C=O) groups is 1. The summed E-state index contributed by atoms with van der Waals surface area (Å²) >= 11 is 0. The Morgan fingerprint density at radius 3 is 2.85 bits per heavy atom. The fraction of sp³-hybridized carbons (Fsp3) is 0.0476. The van der Waals surface area contributed by atoms with Gasteiger partial charge in [0.15, 0.2) is 0 Å². The van der Waals surface area contributed by atoms with Crippen molar-refractivity contribution in [2.75, 3.05) is 0 Å². The number of para-hydroxylation sites is 1. The number of aromatic nitrogens is 3. The van der Waals surface area contributed by atoms with E-state index < -0.39 is 0 Å². The van der Waals surface area contributed by atoms with Crippen molar-refractivity contribution in [3.63, 3.8) is 0 Å². The summed E-state index contributed by atoms with van der Waals surface area (Å²) < 4.78 is 5.24. The number of furan rings is 1. The van der Waals surface area contributed by atoms with Gasteiger partial charge in [-0.1, -0.05) is 18.2 Å². The summed E-state index contributed by atoms with van der Waals surface area (Å²) in [6.45, 7) is 0.363. The average Bonchev–Trinajstić information content (AvgIpc) is 3.43. The van der Waals surface area contributed by atoms with Crippen LogP contribution in [0.2, 0.25) is 0 Å². The van der Waals surface area contributed by atoms with E-state index in [1.54, 1.807) is 12.3 Å². The molecule has 3 heterocycles. The Balaban J connectivity index is 1.45. The molecule has 3 aromatic heterocycles. The standard InChI is InChI=1S/C21H16N4O2/c26-21(22-12-15-4-3-9-27-15)13-7-8-17-14(10-13)11-19(23-17)20-16-5-1-2-6-18(16)24-25-20/h1-11,23H,12H2,(H,22,26)(H,24,25). The van der Waals surface area contributed by atoms with Crippen LogP contribution in [-0.2, 0) is 6.54 Å². The molecule has 132 valence electrons. The van der Waals surface area contributed by atoms with Gasteiger partial charge in [0.05, 0.1) is 24.0 Å². The van der Waals surface area contributed by atoms with Crippen LogP contribution in [-0.4, -0.2) is 21.1 Å². The number of nitrogens with zero attached hydrogens (tertiary/aromatic N) is 1. The van der Waals surface area contributed by atoms with Crippen LogP contribution in [0.3, 0.4) is 0 Å². The largest absolute Gasteiger partial charge is 0.467 e. The molecular formula is C21H16N4O2. The minimum absolute atomic E-state index is 0.138. The third kappa shape index (κ3) is 2.77. The Hall–Kier alpha value is -3.80. The molecule has 0 bridgehead atoms. The van der Waals surface area contributed by atoms with Crippen molar-refractivity contribution < 1.29 is 9.21 Å². The molecule has 3 N–H and O–H groups in total. The third-order valence-corrected chi connectivity index (χ3v) is 4.61. The van der Waals surface area contributed by atoms with Gasteiger partial charge >= 0.3 is 0 Å².